The first-order chi connectivity index (χ1) is 5.52. The predicted octanol–water partition coefficient (Wildman–Crippen LogP) is -0.556. The number of carbonyl (C=O) groups is 2. The van der Waals surface area contributed by atoms with E-state index in [0.29, 0.717) is 12.8 Å². The summed E-state index contributed by atoms with van der Waals surface area (Å²) in [5.41, 5.74) is 10.3. The summed E-state index contributed by atoms with van der Waals surface area (Å²) in [4.78, 5) is 20.4. The summed E-state index contributed by atoms with van der Waals surface area (Å²) >= 11 is 0. The first kappa shape index (κ1) is 10.9. The third-order valence-corrected chi connectivity index (χ3v) is 1.43. The van der Waals surface area contributed by atoms with Gasteiger partial charge in [0.1, 0.15) is 0 Å². The Morgan fingerprint density at radius 1 is 1.42 bits per heavy atom. The van der Waals surface area contributed by atoms with Crippen LogP contribution < -0.4 is 11.5 Å². The fourth-order valence-corrected chi connectivity index (χ4v) is 0.865. The zero-order chi connectivity index (χ0) is 9.56. The van der Waals surface area contributed by atoms with Crippen LogP contribution in [0.2, 0.25) is 0 Å². The van der Waals surface area contributed by atoms with Crippen LogP contribution in [0.25, 0.3) is 0 Å². The minimum atomic E-state index is -0.915. The average molecular weight is 174 g/mol. The molecule has 0 aliphatic rings. The van der Waals surface area contributed by atoms with E-state index in [4.69, 9.17) is 16.6 Å². The van der Waals surface area contributed by atoms with Crippen LogP contribution in [-0.4, -0.2) is 23.0 Å². The van der Waals surface area contributed by atoms with Crippen LogP contribution in [-0.2, 0) is 9.59 Å². The summed E-state index contributed by atoms with van der Waals surface area (Å²) in [5, 5.41) is 8.32. The molecule has 0 saturated heterocycles. The molecule has 0 spiro atoms. The molecule has 5 heteroatoms. The van der Waals surface area contributed by atoms with Crippen LogP contribution in [0.5, 0.6) is 0 Å². The van der Waals surface area contributed by atoms with Crippen LogP contribution in [0.3, 0.4) is 0 Å². The van der Waals surface area contributed by atoms with Crippen LogP contribution in [0.4, 0.5) is 0 Å². The molecule has 0 bridgehead atoms. The lowest BCUT2D eigenvalue weighted by molar-refractivity contribution is -0.137. The molecule has 0 heterocycles. The SMILES string of the molecule is NC(=O)CCC[C@@H](N)CC(=O)O. The maximum Gasteiger partial charge on any atom is 0.304 e. The molecule has 0 aromatic rings. The van der Waals surface area contributed by atoms with Crippen molar-refractivity contribution in [3.63, 3.8) is 0 Å². The van der Waals surface area contributed by atoms with Gasteiger partial charge in [0.15, 0.2) is 0 Å². The van der Waals surface area contributed by atoms with Crippen LogP contribution >= 0.6 is 0 Å². The van der Waals surface area contributed by atoms with E-state index in [0.717, 1.165) is 0 Å². The van der Waals surface area contributed by atoms with Crippen LogP contribution in [0.15, 0.2) is 0 Å². The standard InChI is InChI=1S/C7H14N2O3/c8-5(4-7(11)12)2-1-3-6(9)10/h5H,1-4,8H2,(H2,9,10)(H,11,12)/t5-/m1/s1. The van der Waals surface area contributed by atoms with Gasteiger partial charge in [-0.2, -0.15) is 0 Å². The van der Waals surface area contributed by atoms with Crippen molar-refractivity contribution in [1.29, 1.82) is 0 Å². The van der Waals surface area contributed by atoms with Gasteiger partial charge in [-0.1, -0.05) is 0 Å². The van der Waals surface area contributed by atoms with Gasteiger partial charge in [0, 0.05) is 12.5 Å². The first-order valence-corrected chi connectivity index (χ1v) is 3.78. The molecule has 1 atom stereocenters. The smallest absolute Gasteiger partial charge is 0.304 e. The van der Waals surface area contributed by atoms with E-state index in [1.54, 1.807) is 0 Å². The molecule has 0 radical (unpaired) electrons. The Balaban J connectivity index is 3.37. The minimum Gasteiger partial charge on any atom is -0.481 e. The Hall–Kier alpha value is -1.10. The van der Waals surface area contributed by atoms with Crippen molar-refractivity contribution in [2.75, 3.05) is 0 Å². The number of nitrogens with two attached hydrogens (primary N) is 2. The Bertz CT molecular complexity index is 170. The Morgan fingerprint density at radius 2 is 2.00 bits per heavy atom. The van der Waals surface area contributed by atoms with E-state index in [1.165, 1.54) is 0 Å². The lowest BCUT2D eigenvalue weighted by atomic mass is 10.1. The van der Waals surface area contributed by atoms with E-state index in [-0.39, 0.29) is 24.8 Å². The number of hydrogen-bond donors (Lipinski definition) is 3. The first-order valence-electron chi connectivity index (χ1n) is 3.78. The highest BCUT2D eigenvalue weighted by atomic mass is 16.4. The summed E-state index contributed by atoms with van der Waals surface area (Å²) in [6, 6.07) is -0.373. The van der Waals surface area contributed by atoms with Gasteiger partial charge in [-0.05, 0) is 12.8 Å². The predicted molar refractivity (Wildman–Crippen MR) is 43.3 cm³/mol. The van der Waals surface area contributed by atoms with Gasteiger partial charge in [-0.3, -0.25) is 9.59 Å². The monoisotopic (exact) mass is 174 g/mol. The summed E-state index contributed by atoms with van der Waals surface area (Å²) < 4.78 is 0. The second-order valence-corrected chi connectivity index (χ2v) is 2.72. The minimum absolute atomic E-state index is 0.0568. The van der Waals surface area contributed by atoms with Gasteiger partial charge in [0.25, 0.3) is 0 Å². The Kier molecular flexibility index (Phi) is 5.03. The lowest BCUT2D eigenvalue weighted by Gasteiger charge is -2.06. The fourth-order valence-electron chi connectivity index (χ4n) is 0.865. The number of carboxylic acid groups (broad SMARTS) is 1. The largest absolute Gasteiger partial charge is 0.481 e. The highest BCUT2D eigenvalue weighted by molar-refractivity contribution is 5.73. The summed E-state index contributed by atoms with van der Waals surface area (Å²) in [6.07, 6.45) is 1.30. The normalized spacial score (nSPS) is 12.4. The topological polar surface area (TPSA) is 106 Å². The lowest BCUT2D eigenvalue weighted by Crippen LogP contribution is -2.24. The van der Waals surface area contributed by atoms with Crippen molar-refractivity contribution in [2.24, 2.45) is 11.5 Å². The Labute approximate surface area is 70.7 Å². The van der Waals surface area contributed by atoms with E-state index < -0.39 is 5.97 Å². The van der Waals surface area contributed by atoms with Crippen LogP contribution in [0, 0.1) is 0 Å². The van der Waals surface area contributed by atoms with E-state index in [1.807, 2.05) is 0 Å². The maximum absolute atomic E-state index is 10.3. The molecule has 0 unspecified atom stereocenters. The van der Waals surface area contributed by atoms with Gasteiger partial charge in [0.05, 0.1) is 6.42 Å². The molecule has 5 N–H and O–H groups in total. The molecule has 5 nitrogen and oxygen atoms in total. The molecule has 0 rings (SSSR count). The van der Waals surface area contributed by atoms with Gasteiger partial charge in [-0.15, -0.1) is 0 Å². The highest BCUT2D eigenvalue weighted by Gasteiger charge is 2.07. The van der Waals surface area contributed by atoms with E-state index >= 15 is 0 Å². The quantitative estimate of drug-likeness (QED) is 0.502. The Morgan fingerprint density at radius 3 is 2.42 bits per heavy atom. The van der Waals surface area contributed by atoms with Gasteiger partial charge >= 0.3 is 5.97 Å². The number of aliphatic carboxylic acids is 1. The van der Waals surface area contributed by atoms with E-state index in [9.17, 15) is 9.59 Å². The summed E-state index contributed by atoms with van der Waals surface area (Å²) in [7, 11) is 0. The van der Waals surface area contributed by atoms with Crippen molar-refractivity contribution >= 4 is 11.9 Å². The molecule has 0 fully saturated rings. The maximum atomic E-state index is 10.3. The second-order valence-electron chi connectivity index (χ2n) is 2.72. The number of carbonyl (C=O) groups excluding carboxylic acids is 1. The number of hydrogen-bond acceptors (Lipinski definition) is 3. The van der Waals surface area contributed by atoms with Crippen molar-refractivity contribution in [2.45, 2.75) is 31.7 Å². The van der Waals surface area contributed by atoms with Crippen molar-refractivity contribution in [3.8, 4) is 0 Å². The molecule has 0 aromatic heterocycles. The molecule has 0 saturated carbocycles. The van der Waals surface area contributed by atoms with Gasteiger partial charge in [-0.25, -0.2) is 0 Å². The molecule has 0 aromatic carbocycles. The third kappa shape index (κ3) is 7.01. The summed E-state index contributed by atoms with van der Waals surface area (Å²) in [5.74, 6) is -1.29. The summed E-state index contributed by atoms with van der Waals surface area (Å²) in [6.45, 7) is 0. The number of amides is 1. The number of carboxylic acids is 1. The molecule has 0 aliphatic carbocycles. The van der Waals surface area contributed by atoms with E-state index in [2.05, 4.69) is 0 Å². The van der Waals surface area contributed by atoms with Crippen molar-refractivity contribution in [3.05, 3.63) is 0 Å². The molecule has 12 heavy (non-hydrogen) atoms. The number of primary amides is 1. The van der Waals surface area contributed by atoms with Gasteiger partial charge < -0.3 is 16.6 Å². The molecule has 70 valence electrons. The molecule has 1 amide bonds. The molecular formula is C7H14N2O3. The highest BCUT2D eigenvalue weighted by Crippen LogP contribution is 2.01. The zero-order valence-corrected chi connectivity index (χ0v) is 6.82. The molecule has 0 aliphatic heterocycles. The van der Waals surface area contributed by atoms with Crippen molar-refractivity contribution in [1.82, 2.24) is 0 Å². The second kappa shape index (κ2) is 5.54. The average Bonchev–Trinajstić information content (AvgIpc) is 1.84. The number of rotatable bonds is 6. The van der Waals surface area contributed by atoms with Crippen molar-refractivity contribution < 1.29 is 14.7 Å². The fraction of sp³-hybridized carbons (Fsp3) is 0.714. The zero-order valence-electron chi connectivity index (χ0n) is 6.82. The molecular weight excluding hydrogens is 160 g/mol. The van der Waals surface area contributed by atoms with Crippen LogP contribution in [0.1, 0.15) is 25.7 Å². The van der Waals surface area contributed by atoms with Gasteiger partial charge in [0.2, 0.25) is 5.91 Å². The third-order valence-electron chi connectivity index (χ3n) is 1.43.